The summed E-state index contributed by atoms with van der Waals surface area (Å²) >= 11 is 0. The molecule has 1 aromatic rings. The fourth-order valence-corrected chi connectivity index (χ4v) is 4.74. The fraction of sp³-hybridized carbons (Fsp3) is 0.650. The lowest BCUT2D eigenvalue weighted by atomic mass is 10.0. The molecule has 2 atom stereocenters. The molecule has 0 bridgehead atoms. The number of carbonyl (C=O) groups excluding carboxylic acids is 1. The van der Waals surface area contributed by atoms with Gasteiger partial charge in [0.2, 0.25) is 0 Å². The Morgan fingerprint density at radius 3 is 2.41 bits per heavy atom. The number of benzene rings is 1. The zero-order valence-electron chi connectivity index (χ0n) is 16.3. The standard InChI is InChI=1S/C20H31NO5S/c1-3-5-6-16(4-2)13-25-18-7-9-19(10-8-18)26-14-20(22)21-17-11-12-27(23,24)15-17/h7-10,16-17H,3-6,11-15H2,1-2H3,(H,21,22). The first-order valence-corrected chi connectivity index (χ1v) is 11.6. The van der Waals surface area contributed by atoms with Crippen LogP contribution in [0.1, 0.15) is 46.0 Å². The van der Waals surface area contributed by atoms with Gasteiger partial charge in [0.15, 0.2) is 16.4 Å². The van der Waals surface area contributed by atoms with Crippen molar-refractivity contribution in [3.05, 3.63) is 24.3 Å². The van der Waals surface area contributed by atoms with Crippen LogP contribution in [0.2, 0.25) is 0 Å². The SMILES string of the molecule is CCCCC(CC)COc1ccc(OCC(=O)NC2CCS(=O)(=O)C2)cc1. The molecule has 0 aliphatic carbocycles. The Bertz CT molecular complexity index is 687. The molecule has 1 amide bonds. The van der Waals surface area contributed by atoms with Crippen LogP contribution in [0.15, 0.2) is 24.3 Å². The van der Waals surface area contributed by atoms with Gasteiger partial charge in [-0.3, -0.25) is 4.79 Å². The van der Waals surface area contributed by atoms with Gasteiger partial charge in [-0.2, -0.15) is 0 Å². The van der Waals surface area contributed by atoms with E-state index in [0.717, 1.165) is 12.2 Å². The molecule has 0 aromatic heterocycles. The number of carbonyl (C=O) groups is 1. The van der Waals surface area contributed by atoms with Gasteiger partial charge in [-0.05, 0) is 43.0 Å². The topological polar surface area (TPSA) is 81.7 Å². The van der Waals surface area contributed by atoms with Crippen molar-refractivity contribution in [2.24, 2.45) is 5.92 Å². The Kier molecular flexibility index (Phi) is 8.41. The number of hydrogen-bond donors (Lipinski definition) is 1. The van der Waals surface area contributed by atoms with Crippen molar-refractivity contribution in [3.63, 3.8) is 0 Å². The van der Waals surface area contributed by atoms with Crippen LogP contribution < -0.4 is 14.8 Å². The van der Waals surface area contributed by atoms with Crippen molar-refractivity contribution in [1.29, 1.82) is 0 Å². The minimum absolute atomic E-state index is 0.0157. The molecule has 1 heterocycles. The summed E-state index contributed by atoms with van der Waals surface area (Å²) in [6.07, 6.45) is 5.19. The molecular formula is C20H31NO5S. The van der Waals surface area contributed by atoms with Crippen molar-refractivity contribution in [1.82, 2.24) is 5.32 Å². The molecule has 1 aromatic carbocycles. The largest absolute Gasteiger partial charge is 0.493 e. The Balaban J connectivity index is 1.71. The average molecular weight is 398 g/mol. The minimum Gasteiger partial charge on any atom is -0.493 e. The van der Waals surface area contributed by atoms with Crippen LogP contribution in [0.25, 0.3) is 0 Å². The maximum Gasteiger partial charge on any atom is 0.258 e. The van der Waals surface area contributed by atoms with Crippen LogP contribution in [0.3, 0.4) is 0 Å². The monoisotopic (exact) mass is 397 g/mol. The van der Waals surface area contributed by atoms with E-state index in [4.69, 9.17) is 9.47 Å². The van der Waals surface area contributed by atoms with Gasteiger partial charge in [0.05, 0.1) is 18.1 Å². The highest BCUT2D eigenvalue weighted by Gasteiger charge is 2.28. The first-order chi connectivity index (χ1) is 12.9. The Labute approximate surface area is 162 Å². The van der Waals surface area contributed by atoms with Gasteiger partial charge in [-0.25, -0.2) is 8.42 Å². The first kappa shape index (κ1) is 21.5. The van der Waals surface area contributed by atoms with E-state index in [1.165, 1.54) is 19.3 Å². The highest BCUT2D eigenvalue weighted by Crippen LogP contribution is 2.20. The molecule has 1 aliphatic rings. The molecule has 152 valence electrons. The highest BCUT2D eigenvalue weighted by atomic mass is 32.2. The van der Waals surface area contributed by atoms with Gasteiger partial charge >= 0.3 is 0 Å². The Morgan fingerprint density at radius 1 is 1.19 bits per heavy atom. The van der Waals surface area contributed by atoms with Crippen molar-refractivity contribution in [3.8, 4) is 11.5 Å². The molecule has 2 rings (SSSR count). The third kappa shape index (κ3) is 7.79. The molecule has 0 saturated carbocycles. The molecule has 0 spiro atoms. The van der Waals surface area contributed by atoms with Crippen molar-refractivity contribution in [2.45, 2.75) is 52.0 Å². The Hall–Kier alpha value is -1.76. The van der Waals surface area contributed by atoms with Crippen molar-refractivity contribution in [2.75, 3.05) is 24.7 Å². The Morgan fingerprint density at radius 2 is 1.85 bits per heavy atom. The van der Waals surface area contributed by atoms with E-state index in [1.807, 2.05) is 12.1 Å². The van der Waals surface area contributed by atoms with Crippen LogP contribution in [0.4, 0.5) is 0 Å². The predicted octanol–water partition coefficient (Wildman–Crippen LogP) is 2.96. The van der Waals surface area contributed by atoms with Crippen LogP contribution in [-0.2, 0) is 14.6 Å². The number of amides is 1. The zero-order valence-corrected chi connectivity index (χ0v) is 17.1. The lowest BCUT2D eigenvalue weighted by Crippen LogP contribution is -2.38. The van der Waals surface area contributed by atoms with Gasteiger partial charge in [0, 0.05) is 6.04 Å². The number of unbranched alkanes of at least 4 members (excludes halogenated alkanes) is 1. The second-order valence-corrected chi connectivity index (χ2v) is 9.38. The summed E-state index contributed by atoms with van der Waals surface area (Å²) in [5.74, 6) is 1.79. The fourth-order valence-electron chi connectivity index (χ4n) is 3.07. The minimum atomic E-state index is -3.00. The van der Waals surface area contributed by atoms with E-state index in [1.54, 1.807) is 12.1 Å². The van der Waals surface area contributed by atoms with E-state index in [2.05, 4.69) is 19.2 Å². The highest BCUT2D eigenvalue weighted by molar-refractivity contribution is 7.91. The van der Waals surface area contributed by atoms with Gasteiger partial charge < -0.3 is 14.8 Å². The molecule has 1 N–H and O–H groups in total. The summed E-state index contributed by atoms with van der Waals surface area (Å²) < 4.78 is 34.1. The summed E-state index contributed by atoms with van der Waals surface area (Å²) in [7, 11) is -3.00. The van der Waals surface area contributed by atoms with Gasteiger partial charge in [0.25, 0.3) is 5.91 Å². The van der Waals surface area contributed by atoms with Crippen LogP contribution in [-0.4, -0.2) is 45.1 Å². The quantitative estimate of drug-likeness (QED) is 0.621. The molecule has 1 fully saturated rings. The van der Waals surface area contributed by atoms with E-state index in [0.29, 0.717) is 24.7 Å². The summed E-state index contributed by atoms with van der Waals surface area (Å²) in [6.45, 7) is 4.96. The second kappa shape index (κ2) is 10.5. The first-order valence-electron chi connectivity index (χ1n) is 9.77. The molecule has 0 radical (unpaired) electrons. The molecule has 6 nitrogen and oxygen atoms in total. The molecule has 27 heavy (non-hydrogen) atoms. The second-order valence-electron chi connectivity index (χ2n) is 7.16. The van der Waals surface area contributed by atoms with Gasteiger partial charge in [-0.1, -0.05) is 33.1 Å². The van der Waals surface area contributed by atoms with Crippen LogP contribution >= 0.6 is 0 Å². The number of ether oxygens (including phenoxy) is 2. The maximum absolute atomic E-state index is 11.9. The third-order valence-electron chi connectivity index (χ3n) is 4.82. The van der Waals surface area contributed by atoms with Crippen molar-refractivity contribution >= 4 is 15.7 Å². The van der Waals surface area contributed by atoms with E-state index in [-0.39, 0.29) is 30.1 Å². The normalized spacial score (nSPS) is 19.4. The summed E-state index contributed by atoms with van der Waals surface area (Å²) in [5, 5.41) is 2.70. The molecule has 7 heteroatoms. The summed E-state index contributed by atoms with van der Waals surface area (Å²) in [5.41, 5.74) is 0. The summed E-state index contributed by atoms with van der Waals surface area (Å²) in [4.78, 5) is 11.9. The molecule has 2 unspecified atom stereocenters. The molecule has 1 saturated heterocycles. The lowest BCUT2D eigenvalue weighted by Gasteiger charge is -2.16. The van der Waals surface area contributed by atoms with E-state index in [9.17, 15) is 13.2 Å². The third-order valence-corrected chi connectivity index (χ3v) is 6.59. The number of nitrogens with one attached hydrogen (secondary N) is 1. The number of rotatable bonds is 11. The molecular weight excluding hydrogens is 366 g/mol. The number of sulfone groups is 1. The van der Waals surface area contributed by atoms with Crippen LogP contribution in [0.5, 0.6) is 11.5 Å². The predicted molar refractivity (Wildman–Crippen MR) is 106 cm³/mol. The van der Waals surface area contributed by atoms with Gasteiger partial charge in [-0.15, -0.1) is 0 Å². The maximum atomic E-state index is 11.9. The van der Waals surface area contributed by atoms with Crippen LogP contribution in [0, 0.1) is 5.92 Å². The van der Waals surface area contributed by atoms with E-state index < -0.39 is 9.84 Å². The van der Waals surface area contributed by atoms with Crippen molar-refractivity contribution < 1.29 is 22.7 Å². The number of hydrogen-bond acceptors (Lipinski definition) is 5. The smallest absolute Gasteiger partial charge is 0.258 e. The average Bonchev–Trinajstić information content (AvgIpc) is 2.99. The summed E-state index contributed by atoms with van der Waals surface area (Å²) in [6, 6.07) is 6.92. The zero-order chi connectivity index (χ0) is 19.7. The lowest BCUT2D eigenvalue weighted by molar-refractivity contribution is -0.123. The van der Waals surface area contributed by atoms with E-state index >= 15 is 0 Å². The molecule has 1 aliphatic heterocycles. The van der Waals surface area contributed by atoms with Gasteiger partial charge in [0.1, 0.15) is 11.5 Å².